The molecule has 1 N–H and O–H groups in total. The first-order valence-electron chi connectivity index (χ1n) is 4.89. The number of aliphatic carboxylic acids is 1. The molecule has 2 rings (SSSR count). The minimum absolute atomic E-state index is 0.113. The minimum atomic E-state index is -0.799. The number of hydrogen-bond acceptors (Lipinski definition) is 4. The van der Waals surface area contributed by atoms with E-state index in [9.17, 15) is 4.79 Å². The molecule has 84 valence electrons. The fourth-order valence-corrected chi connectivity index (χ4v) is 2.32. The molecule has 0 spiro atoms. The summed E-state index contributed by atoms with van der Waals surface area (Å²) >= 11 is 1.53. The summed E-state index contributed by atoms with van der Waals surface area (Å²) in [4.78, 5) is 15.9. The van der Waals surface area contributed by atoms with Gasteiger partial charge in [-0.3, -0.25) is 4.79 Å². The second-order valence-corrected chi connectivity index (χ2v) is 4.60. The first-order chi connectivity index (χ1) is 7.66. The fourth-order valence-electron chi connectivity index (χ4n) is 1.39. The molecule has 4 nitrogen and oxygen atoms in total. The van der Waals surface area contributed by atoms with Crippen molar-refractivity contribution in [1.29, 1.82) is 0 Å². The number of rotatable bonds is 4. The Labute approximate surface area is 96.6 Å². The van der Waals surface area contributed by atoms with Crippen LogP contribution in [0.25, 0.3) is 10.8 Å². The molecule has 0 bridgehead atoms. The molecular formula is C11H11NO3S. The van der Waals surface area contributed by atoms with Crippen molar-refractivity contribution in [1.82, 2.24) is 4.98 Å². The number of carboxylic acids is 1. The molecule has 0 amide bonds. The van der Waals surface area contributed by atoms with E-state index in [0.29, 0.717) is 6.42 Å². The molecule has 2 heterocycles. The quantitative estimate of drug-likeness (QED) is 0.888. The van der Waals surface area contributed by atoms with Crippen LogP contribution in [0.1, 0.15) is 17.0 Å². The average molecular weight is 237 g/mol. The molecule has 2 aromatic heterocycles. The highest BCUT2D eigenvalue weighted by Crippen LogP contribution is 2.28. The fraction of sp³-hybridized carbons (Fsp3) is 0.273. The van der Waals surface area contributed by atoms with Crippen LogP contribution in [0.5, 0.6) is 0 Å². The normalized spacial score (nSPS) is 10.6. The van der Waals surface area contributed by atoms with E-state index < -0.39 is 5.97 Å². The van der Waals surface area contributed by atoms with Crippen molar-refractivity contribution in [2.75, 3.05) is 0 Å². The Hall–Kier alpha value is -1.62. The van der Waals surface area contributed by atoms with E-state index in [0.717, 1.165) is 21.3 Å². The van der Waals surface area contributed by atoms with Gasteiger partial charge in [0.05, 0.1) is 18.4 Å². The van der Waals surface area contributed by atoms with Crippen molar-refractivity contribution >= 4 is 17.3 Å². The number of aryl methyl sites for hydroxylation is 2. The van der Waals surface area contributed by atoms with Gasteiger partial charge in [-0.1, -0.05) is 0 Å². The predicted molar refractivity (Wildman–Crippen MR) is 60.5 cm³/mol. The topological polar surface area (TPSA) is 63.3 Å². The third-order valence-electron chi connectivity index (χ3n) is 2.20. The third kappa shape index (κ3) is 2.30. The molecule has 0 aliphatic rings. The van der Waals surface area contributed by atoms with E-state index in [-0.39, 0.29) is 6.42 Å². The van der Waals surface area contributed by atoms with Crippen molar-refractivity contribution < 1.29 is 14.3 Å². The zero-order valence-corrected chi connectivity index (χ0v) is 9.58. The zero-order chi connectivity index (χ0) is 11.5. The van der Waals surface area contributed by atoms with Crippen LogP contribution in [0.15, 0.2) is 22.8 Å². The maximum atomic E-state index is 10.5. The summed E-state index contributed by atoms with van der Waals surface area (Å²) in [5.74, 6) is -0.0679. The van der Waals surface area contributed by atoms with Gasteiger partial charge in [0.25, 0.3) is 0 Å². The molecule has 5 heteroatoms. The number of carbonyl (C=O) groups is 1. The molecule has 2 aromatic rings. The molecule has 0 aliphatic carbocycles. The highest BCUT2D eigenvalue weighted by molar-refractivity contribution is 7.15. The van der Waals surface area contributed by atoms with Crippen LogP contribution in [0.4, 0.5) is 0 Å². The Morgan fingerprint density at radius 1 is 1.62 bits per heavy atom. The van der Waals surface area contributed by atoms with E-state index in [2.05, 4.69) is 4.98 Å². The van der Waals surface area contributed by atoms with E-state index >= 15 is 0 Å². The number of aromatic nitrogens is 1. The average Bonchev–Trinajstić information content (AvgIpc) is 2.83. The highest BCUT2D eigenvalue weighted by Gasteiger charge is 2.12. The number of carboxylic acid groups (broad SMARTS) is 1. The maximum Gasteiger partial charge on any atom is 0.303 e. The van der Waals surface area contributed by atoms with E-state index in [1.165, 1.54) is 11.3 Å². The lowest BCUT2D eigenvalue weighted by Crippen LogP contribution is -1.98. The molecule has 0 saturated heterocycles. The van der Waals surface area contributed by atoms with E-state index in [1.54, 1.807) is 6.26 Å². The maximum absolute atomic E-state index is 10.5. The summed E-state index contributed by atoms with van der Waals surface area (Å²) in [6.07, 6.45) is 2.18. The molecule has 0 atom stereocenters. The zero-order valence-electron chi connectivity index (χ0n) is 8.77. The monoisotopic (exact) mass is 237 g/mol. The lowest BCUT2D eigenvalue weighted by molar-refractivity contribution is -0.136. The largest absolute Gasteiger partial charge is 0.481 e. The van der Waals surface area contributed by atoms with E-state index in [4.69, 9.17) is 9.52 Å². The lowest BCUT2D eigenvalue weighted by atomic mass is 10.2. The van der Waals surface area contributed by atoms with E-state index in [1.807, 2.05) is 19.1 Å². The summed E-state index contributed by atoms with van der Waals surface area (Å²) in [7, 11) is 0. The van der Waals surface area contributed by atoms with Gasteiger partial charge in [-0.2, -0.15) is 0 Å². The van der Waals surface area contributed by atoms with Crippen LogP contribution in [-0.4, -0.2) is 16.1 Å². The van der Waals surface area contributed by atoms with Crippen LogP contribution in [-0.2, 0) is 11.2 Å². The Bertz CT molecular complexity index is 487. The van der Waals surface area contributed by atoms with Gasteiger partial charge in [0.15, 0.2) is 10.8 Å². The van der Waals surface area contributed by atoms with Gasteiger partial charge in [-0.15, -0.1) is 11.3 Å². The SMILES string of the molecule is Cc1sc(-c2ccco2)nc1CCC(=O)O. The van der Waals surface area contributed by atoms with Gasteiger partial charge in [0.1, 0.15) is 0 Å². The first kappa shape index (κ1) is 10.9. The molecule has 0 unspecified atom stereocenters. The second kappa shape index (κ2) is 4.49. The number of thiazole rings is 1. The molecule has 0 radical (unpaired) electrons. The van der Waals surface area contributed by atoms with Crippen LogP contribution < -0.4 is 0 Å². The van der Waals surface area contributed by atoms with Gasteiger partial charge in [0, 0.05) is 11.3 Å². The van der Waals surface area contributed by atoms with Crippen molar-refractivity contribution in [3.63, 3.8) is 0 Å². The molecule has 0 fully saturated rings. The summed E-state index contributed by atoms with van der Waals surface area (Å²) in [5.41, 5.74) is 0.846. The summed E-state index contributed by atoms with van der Waals surface area (Å²) in [5, 5.41) is 9.42. The molecule has 0 aromatic carbocycles. The van der Waals surface area contributed by atoms with Gasteiger partial charge in [-0.25, -0.2) is 4.98 Å². The Morgan fingerprint density at radius 3 is 3.06 bits per heavy atom. The second-order valence-electron chi connectivity index (χ2n) is 3.39. The minimum Gasteiger partial charge on any atom is -0.481 e. The van der Waals surface area contributed by atoms with Crippen LogP contribution in [0.3, 0.4) is 0 Å². The number of furan rings is 1. The Balaban J connectivity index is 2.19. The first-order valence-corrected chi connectivity index (χ1v) is 5.70. The van der Waals surface area contributed by atoms with Crippen LogP contribution in [0, 0.1) is 6.92 Å². The smallest absolute Gasteiger partial charge is 0.303 e. The Morgan fingerprint density at radius 2 is 2.44 bits per heavy atom. The van der Waals surface area contributed by atoms with Gasteiger partial charge >= 0.3 is 5.97 Å². The molecule has 0 aliphatic heterocycles. The number of nitrogens with zero attached hydrogens (tertiary/aromatic N) is 1. The van der Waals surface area contributed by atoms with Crippen molar-refractivity contribution in [2.24, 2.45) is 0 Å². The lowest BCUT2D eigenvalue weighted by Gasteiger charge is -1.93. The summed E-state index contributed by atoms with van der Waals surface area (Å²) in [6, 6.07) is 3.65. The standard InChI is InChI=1S/C11H11NO3S/c1-7-8(4-5-10(13)14)12-11(16-7)9-3-2-6-15-9/h2-3,6H,4-5H2,1H3,(H,13,14). The van der Waals surface area contributed by atoms with Crippen molar-refractivity contribution in [3.05, 3.63) is 29.0 Å². The van der Waals surface area contributed by atoms with Crippen molar-refractivity contribution in [3.8, 4) is 10.8 Å². The highest BCUT2D eigenvalue weighted by atomic mass is 32.1. The van der Waals surface area contributed by atoms with Crippen LogP contribution in [0.2, 0.25) is 0 Å². The number of hydrogen-bond donors (Lipinski definition) is 1. The molecule has 16 heavy (non-hydrogen) atoms. The summed E-state index contributed by atoms with van der Waals surface area (Å²) in [6.45, 7) is 1.95. The third-order valence-corrected chi connectivity index (χ3v) is 3.23. The van der Waals surface area contributed by atoms with Gasteiger partial charge in [0.2, 0.25) is 0 Å². The van der Waals surface area contributed by atoms with Gasteiger partial charge < -0.3 is 9.52 Å². The van der Waals surface area contributed by atoms with Gasteiger partial charge in [-0.05, 0) is 19.1 Å². The molecule has 0 saturated carbocycles. The van der Waals surface area contributed by atoms with Crippen molar-refractivity contribution in [2.45, 2.75) is 19.8 Å². The van der Waals surface area contributed by atoms with Crippen LogP contribution >= 0.6 is 11.3 Å². The summed E-state index contributed by atoms with van der Waals surface area (Å²) < 4.78 is 5.25. The predicted octanol–water partition coefficient (Wildman–Crippen LogP) is 2.73. The molecular weight excluding hydrogens is 226 g/mol. The Kier molecular flexibility index (Phi) is 3.05.